The van der Waals surface area contributed by atoms with Crippen molar-refractivity contribution in [3.63, 3.8) is 0 Å². The molecule has 3 rings (SSSR count). The highest BCUT2D eigenvalue weighted by Crippen LogP contribution is 2.43. The summed E-state index contributed by atoms with van der Waals surface area (Å²) in [5, 5.41) is 2.63. The van der Waals surface area contributed by atoms with Gasteiger partial charge >= 0.3 is 0 Å². The summed E-state index contributed by atoms with van der Waals surface area (Å²) in [4.78, 5) is 0. The van der Waals surface area contributed by atoms with E-state index >= 15 is 0 Å². The molecule has 0 heterocycles. The Bertz CT molecular complexity index is 548. The first-order valence-electron chi connectivity index (χ1n) is 5.54. The molecule has 1 unspecified atom stereocenters. The fourth-order valence-electron chi connectivity index (χ4n) is 2.58. The van der Waals surface area contributed by atoms with E-state index in [0.29, 0.717) is 0 Å². The van der Waals surface area contributed by atoms with Gasteiger partial charge in [0.25, 0.3) is 0 Å². The molecule has 0 saturated carbocycles. The van der Waals surface area contributed by atoms with Crippen LogP contribution in [0.5, 0.6) is 5.75 Å². The molecule has 1 aliphatic carbocycles. The van der Waals surface area contributed by atoms with Gasteiger partial charge in [-0.2, -0.15) is 0 Å². The van der Waals surface area contributed by atoms with E-state index in [1.54, 1.807) is 7.11 Å². The van der Waals surface area contributed by atoms with Gasteiger partial charge in [-0.3, -0.25) is 0 Å². The van der Waals surface area contributed by atoms with E-state index in [-0.39, 0.29) is 5.38 Å². The van der Waals surface area contributed by atoms with Crippen LogP contribution in [0.3, 0.4) is 0 Å². The summed E-state index contributed by atoms with van der Waals surface area (Å²) in [6.45, 7) is 0. The van der Waals surface area contributed by atoms with E-state index < -0.39 is 0 Å². The lowest BCUT2D eigenvalue weighted by molar-refractivity contribution is 0.419. The second-order valence-electron chi connectivity index (χ2n) is 4.20. The molecule has 0 radical (unpaired) electrons. The van der Waals surface area contributed by atoms with Gasteiger partial charge in [0.2, 0.25) is 0 Å². The predicted octanol–water partition coefficient (Wildman–Crippen LogP) is 4.07. The number of benzene rings is 2. The SMILES string of the molecule is COc1cc2c(c3ccccc13)CCC2Cl. The quantitative estimate of drug-likeness (QED) is 0.674. The molecule has 82 valence electrons. The van der Waals surface area contributed by atoms with Crippen molar-refractivity contribution in [2.75, 3.05) is 7.11 Å². The molecule has 2 heteroatoms. The monoisotopic (exact) mass is 232 g/mol. The summed E-state index contributed by atoms with van der Waals surface area (Å²) in [5.41, 5.74) is 2.65. The molecule has 0 saturated heterocycles. The lowest BCUT2D eigenvalue weighted by Crippen LogP contribution is -1.91. The number of halogens is 1. The minimum atomic E-state index is 0.147. The molecule has 0 spiro atoms. The summed E-state index contributed by atoms with van der Waals surface area (Å²) in [7, 11) is 1.71. The average Bonchev–Trinajstić information content (AvgIpc) is 2.70. The summed E-state index contributed by atoms with van der Waals surface area (Å²) in [5.74, 6) is 0.932. The molecule has 0 aliphatic heterocycles. The number of alkyl halides is 1. The van der Waals surface area contributed by atoms with Gasteiger partial charge in [0.15, 0.2) is 0 Å². The predicted molar refractivity (Wildman–Crippen MR) is 67.4 cm³/mol. The van der Waals surface area contributed by atoms with Crippen LogP contribution in [0.1, 0.15) is 22.9 Å². The van der Waals surface area contributed by atoms with Crippen molar-refractivity contribution in [1.82, 2.24) is 0 Å². The maximum Gasteiger partial charge on any atom is 0.127 e. The second-order valence-corrected chi connectivity index (χ2v) is 4.73. The van der Waals surface area contributed by atoms with Crippen LogP contribution in [-0.2, 0) is 6.42 Å². The third-order valence-electron chi connectivity index (χ3n) is 3.36. The van der Waals surface area contributed by atoms with Gasteiger partial charge in [-0.25, -0.2) is 0 Å². The van der Waals surface area contributed by atoms with Gasteiger partial charge in [-0.1, -0.05) is 24.3 Å². The molecular weight excluding hydrogens is 220 g/mol. The van der Waals surface area contributed by atoms with Crippen LogP contribution in [0.2, 0.25) is 0 Å². The van der Waals surface area contributed by atoms with E-state index in [1.165, 1.54) is 21.9 Å². The highest BCUT2D eigenvalue weighted by molar-refractivity contribution is 6.21. The molecule has 0 fully saturated rings. The van der Waals surface area contributed by atoms with Crippen LogP contribution in [-0.4, -0.2) is 7.11 Å². The van der Waals surface area contributed by atoms with Crippen molar-refractivity contribution in [3.8, 4) is 5.75 Å². The Hall–Kier alpha value is -1.21. The second kappa shape index (κ2) is 3.67. The number of ether oxygens (including phenoxy) is 1. The first-order chi connectivity index (χ1) is 7.81. The largest absolute Gasteiger partial charge is 0.496 e. The standard InChI is InChI=1S/C14H13ClO/c1-16-14-8-12-10(6-7-13(12)15)9-4-2-3-5-11(9)14/h2-5,8,13H,6-7H2,1H3. The Labute approximate surface area is 100.0 Å². The van der Waals surface area contributed by atoms with Crippen LogP contribution in [0.15, 0.2) is 30.3 Å². The average molecular weight is 233 g/mol. The van der Waals surface area contributed by atoms with Gasteiger partial charge in [0, 0.05) is 5.39 Å². The van der Waals surface area contributed by atoms with Crippen LogP contribution in [0.25, 0.3) is 10.8 Å². The number of methoxy groups -OCH3 is 1. The Morgan fingerprint density at radius 3 is 2.75 bits per heavy atom. The molecule has 0 bridgehead atoms. The molecule has 2 aromatic carbocycles. The number of hydrogen-bond donors (Lipinski definition) is 0. The fraction of sp³-hybridized carbons (Fsp3) is 0.286. The topological polar surface area (TPSA) is 9.23 Å². The minimum Gasteiger partial charge on any atom is -0.496 e. The van der Waals surface area contributed by atoms with Gasteiger partial charge in [0.05, 0.1) is 12.5 Å². The first-order valence-corrected chi connectivity index (χ1v) is 5.97. The van der Waals surface area contributed by atoms with Gasteiger partial charge in [-0.05, 0) is 35.4 Å². The van der Waals surface area contributed by atoms with Gasteiger partial charge in [-0.15, -0.1) is 11.6 Å². The highest BCUT2D eigenvalue weighted by Gasteiger charge is 2.23. The van der Waals surface area contributed by atoms with Crippen molar-refractivity contribution in [1.29, 1.82) is 0 Å². The number of hydrogen-bond acceptors (Lipinski definition) is 1. The molecule has 1 atom stereocenters. The van der Waals surface area contributed by atoms with E-state index in [4.69, 9.17) is 16.3 Å². The molecule has 0 aromatic heterocycles. The molecule has 0 N–H and O–H groups in total. The van der Waals surface area contributed by atoms with Crippen LogP contribution in [0, 0.1) is 0 Å². The summed E-state index contributed by atoms with van der Waals surface area (Å²) >= 11 is 6.32. The Kier molecular flexibility index (Phi) is 2.29. The van der Waals surface area contributed by atoms with Crippen molar-refractivity contribution < 1.29 is 4.74 Å². The Morgan fingerprint density at radius 2 is 2.00 bits per heavy atom. The van der Waals surface area contributed by atoms with E-state index in [9.17, 15) is 0 Å². The number of fused-ring (bicyclic) bond motifs is 3. The zero-order valence-corrected chi connectivity index (χ0v) is 9.92. The maximum absolute atomic E-state index is 6.32. The van der Waals surface area contributed by atoms with Crippen LogP contribution >= 0.6 is 11.6 Å². The van der Waals surface area contributed by atoms with Crippen LogP contribution < -0.4 is 4.74 Å². The number of rotatable bonds is 1. The molecule has 16 heavy (non-hydrogen) atoms. The van der Waals surface area contributed by atoms with E-state index in [1.807, 2.05) is 6.07 Å². The molecule has 1 nitrogen and oxygen atoms in total. The lowest BCUT2D eigenvalue weighted by Gasteiger charge is -2.11. The zero-order chi connectivity index (χ0) is 11.1. The Morgan fingerprint density at radius 1 is 1.25 bits per heavy atom. The summed E-state index contributed by atoms with van der Waals surface area (Å²) < 4.78 is 5.44. The highest BCUT2D eigenvalue weighted by atomic mass is 35.5. The fourth-order valence-corrected chi connectivity index (χ4v) is 2.88. The van der Waals surface area contributed by atoms with E-state index in [0.717, 1.165) is 18.6 Å². The normalized spacial score (nSPS) is 18.8. The summed E-state index contributed by atoms with van der Waals surface area (Å²) in [6, 6.07) is 10.5. The lowest BCUT2D eigenvalue weighted by atomic mass is 10.00. The van der Waals surface area contributed by atoms with Crippen molar-refractivity contribution in [2.45, 2.75) is 18.2 Å². The minimum absolute atomic E-state index is 0.147. The molecule has 1 aliphatic rings. The summed E-state index contributed by atoms with van der Waals surface area (Å²) in [6.07, 6.45) is 2.11. The smallest absolute Gasteiger partial charge is 0.127 e. The Balaban J connectivity index is 2.39. The van der Waals surface area contributed by atoms with Gasteiger partial charge < -0.3 is 4.74 Å². The number of aryl methyl sites for hydroxylation is 1. The molecule has 2 aromatic rings. The van der Waals surface area contributed by atoms with Gasteiger partial charge in [0.1, 0.15) is 5.75 Å². The first kappa shape index (κ1) is 9.98. The zero-order valence-electron chi connectivity index (χ0n) is 9.16. The van der Waals surface area contributed by atoms with Crippen molar-refractivity contribution in [2.24, 2.45) is 0 Å². The maximum atomic E-state index is 6.32. The molecule has 0 amide bonds. The van der Waals surface area contributed by atoms with Crippen molar-refractivity contribution >= 4 is 22.4 Å². The van der Waals surface area contributed by atoms with E-state index in [2.05, 4.69) is 24.3 Å². The molecular formula is C14H13ClO. The van der Waals surface area contributed by atoms with Crippen molar-refractivity contribution in [3.05, 3.63) is 41.5 Å². The van der Waals surface area contributed by atoms with Crippen LogP contribution in [0.4, 0.5) is 0 Å². The third-order valence-corrected chi connectivity index (χ3v) is 3.81. The third kappa shape index (κ3) is 1.31.